The van der Waals surface area contributed by atoms with Crippen molar-refractivity contribution in [2.75, 3.05) is 11.9 Å². The number of benzene rings is 2. The lowest BCUT2D eigenvalue weighted by atomic mass is 10.1. The molecule has 0 spiro atoms. The molecule has 0 radical (unpaired) electrons. The summed E-state index contributed by atoms with van der Waals surface area (Å²) in [6.45, 7) is 1.53. The summed E-state index contributed by atoms with van der Waals surface area (Å²) in [4.78, 5) is 32.3. The molecule has 6 rings (SSSR count). The predicted octanol–water partition coefficient (Wildman–Crippen LogP) is 5.30. The van der Waals surface area contributed by atoms with E-state index in [0.29, 0.717) is 55.8 Å². The Morgan fingerprint density at radius 2 is 2.00 bits per heavy atom. The fourth-order valence-corrected chi connectivity index (χ4v) is 4.40. The highest BCUT2D eigenvalue weighted by Crippen LogP contribution is 2.43. The highest BCUT2D eigenvalue weighted by atomic mass is 35.5. The zero-order valence-corrected chi connectivity index (χ0v) is 19.9. The summed E-state index contributed by atoms with van der Waals surface area (Å²) in [6.07, 6.45) is 2.07. The minimum absolute atomic E-state index is 0.240. The molecule has 0 bridgehead atoms. The largest absolute Gasteiger partial charge is 0.458 e. The van der Waals surface area contributed by atoms with E-state index in [1.54, 1.807) is 50.4 Å². The molecule has 0 atom stereocenters. The van der Waals surface area contributed by atoms with E-state index in [4.69, 9.17) is 20.4 Å². The normalized spacial score (nSPS) is 13.6. The van der Waals surface area contributed by atoms with Crippen molar-refractivity contribution in [1.82, 2.24) is 14.8 Å². The van der Waals surface area contributed by atoms with E-state index in [1.165, 1.54) is 9.58 Å². The van der Waals surface area contributed by atoms with E-state index in [9.17, 15) is 9.59 Å². The third kappa shape index (κ3) is 3.89. The second-order valence-corrected chi connectivity index (χ2v) is 9.26. The van der Waals surface area contributed by atoms with Gasteiger partial charge >= 0.3 is 0 Å². The number of aromatic nitrogens is 3. The van der Waals surface area contributed by atoms with Crippen molar-refractivity contribution in [3.8, 4) is 11.3 Å². The molecule has 0 aliphatic heterocycles. The molecule has 1 aliphatic carbocycles. The lowest BCUT2D eigenvalue weighted by Gasteiger charge is -2.18. The molecule has 1 aliphatic rings. The molecular weight excluding hydrogens is 468 g/mol. The highest BCUT2D eigenvalue weighted by molar-refractivity contribution is 6.30. The number of hydrogen-bond donors (Lipinski definition) is 0. The quantitative estimate of drug-likeness (QED) is 0.333. The number of oxazole rings is 1. The lowest BCUT2D eigenvalue weighted by molar-refractivity contribution is -0.119. The van der Waals surface area contributed by atoms with Crippen LogP contribution in [0.25, 0.3) is 33.3 Å². The van der Waals surface area contributed by atoms with Gasteiger partial charge in [-0.2, -0.15) is 5.10 Å². The van der Waals surface area contributed by atoms with Gasteiger partial charge in [-0.1, -0.05) is 23.7 Å². The fraction of sp³-hybridized carbons (Fsp3) is 0.231. The van der Waals surface area contributed by atoms with Crippen LogP contribution in [0.1, 0.15) is 30.4 Å². The van der Waals surface area contributed by atoms with Crippen molar-refractivity contribution in [3.63, 3.8) is 0 Å². The van der Waals surface area contributed by atoms with Crippen molar-refractivity contribution in [2.45, 2.75) is 32.2 Å². The molecular formula is C26H21ClN4O4. The second-order valence-electron chi connectivity index (χ2n) is 8.83. The van der Waals surface area contributed by atoms with E-state index >= 15 is 0 Å². The van der Waals surface area contributed by atoms with Gasteiger partial charge in [0.15, 0.2) is 17.1 Å². The van der Waals surface area contributed by atoms with E-state index in [-0.39, 0.29) is 18.0 Å². The van der Waals surface area contributed by atoms with Gasteiger partial charge in [0, 0.05) is 42.2 Å². The number of furan rings is 1. The number of halogens is 1. The zero-order valence-electron chi connectivity index (χ0n) is 19.1. The molecule has 8 nitrogen and oxygen atoms in total. The first-order valence-electron chi connectivity index (χ1n) is 11.3. The van der Waals surface area contributed by atoms with Gasteiger partial charge in [0.2, 0.25) is 5.91 Å². The average molecular weight is 489 g/mol. The van der Waals surface area contributed by atoms with Gasteiger partial charge in [-0.3, -0.25) is 9.59 Å². The lowest BCUT2D eigenvalue weighted by Crippen LogP contribution is -2.35. The molecule has 0 unspecified atom stereocenters. The van der Waals surface area contributed by atoms with Crippen LogP contribution in [0.5, 0.6) is 0 Å². The zero-order chi connectivity index (χ0) is 24.3. The minimum atomic E-state index is -0.371. The van der Waals surface area contributed by atoms with Crippen molar-refractivity contribution < 1.29 is 13.6 Å². The average Bonchev–Trinajstić information content (AvgIpc) is 3.48. The van der Waals surface area contributed by atoms with Gasteiger partial charge in [0.1, 0.15) is 23.5 Å². The molecule has 1 fully saturated rings. The number of nitrogens with zero attached hydrogens (tertiary/aromatic N) is 4. The van der Waals surface area contributed by atoms with Gasteiger partial charge in [0.05, 0.1) is 5.39 Å². The molecule has 35 heavy (non-hydrogen) atoms. The Morgan fingerprint density at radius 1 is 1.17 bits per heavy atom. The fourth-order valence-electron chi connectivity index (χ4n) is 4.21. The Kier molecular flexibility index (Phi) is 5.00. The Labute approximate surface area is 204 Å². The summed E-state index contributed by atoms with van der Waals surface area (Å²) in [5.41, 5.74) is 3.16. The number of fused-ring (bicyclic) bond motifs is 2. The SMILES string of the molecule is Cc1nc2ccc(N(C)C(=O)Cn3nc(-c4cccc(Cl)c4)c4oc(C5CC5)cc4c3=O)cc2o1. The summed E-state index contributed by atoms with van der Waals surface area (Å²) < 4.78 is 12.9. The first-order valence-corrected chi connectivity index (χ1v) is 11.7. The van der Waals surface area contributed by atoms with Crippen LogP contribution in [0.15, 0.2) is 62.2 Å². The van der Waals surface area contributed by atoms with Crippen molar-refractivity contribution >= 4 is 45.3 Å². The summed E-state index contributed by atoms with van der Waals surface area (Å²) in [7, 11) is 1.65. The summed E-state index contributed by atoms with van der Waals surface area (Å²) >= 11 is 6.22. The molecule has 3 aromatic heterocycles. The minimum Gasteiger partial charge on any atom is -0.458 e. The highest BCUT2D eigenvalue weighted by Gasteiger charge is 2.29. The first-order chi connectivity index (χ1) is 16.9. The van der Waals surface area contributed by atoms with E-state index in [1.807, 2.05) is 12.1 Å². The van der Waals surface area contributed by atoms with Gasteiger partial charge in [-0.15, -0.1) is 0 Å². The van der Waals surface area contributed by atoms with E-state index in [0.717, 1.165) is 18.6 Å². The number of anilines is 1. The third-order valence-corrected chi connectivity index (χ3v) is 6.49. The molecule has 0 saturated heterocycles. The maximum absolute atomic E-state index is 13.3. The van der Waals surface area contributed by atoms with E-state index < -0.39 is 0 Å². The van der Waals surface area contributed by atoms with Crippen LogP contribution in [0.3, 0.4) is 0 Å². The van der Waals surface area contributed by atoms with Crippen molar-refractivity contribution in [1.29, 1.82) is 0 Å². The number of aryl methyl sites for hydroxylation is 1. The first kappa shape index (κ1) is 21.6. The van der Waals surface area contributed by atoms with Gasteiger partial charge in [-0.25, -0.2) is 9.67 Å². The number of amides is 1. The van der Waals surface area contributed by atoms with Crippen LogP contribution in [0.2, 0.25) is 5.02 Å². The molecule has 9 heteroatoms. The number of carbonyl (C=O) groups is 1. The van der Waals surface area contributed by atoms with Crippen LogP contribution in [-0.2, 0) is 11.3 Å². The number of likely N-dealkylation sites (N-methyl/N-ethyl adjacent to an activating group) is 1. The standard InChI is InChI=1S/C26H21ClN4O4/c1-14-28-20-9-8-18(11-22(20)34-14)30(2)23(32)13-31-26(33)19-12-21(15-6-7-15)35-25(19)24(29-31)16-4-3-5-17(27)10-16/h3-5,8-12,15H,6-7,13H2,1-2H3. The monoisotopic (exact) mass is 488 g/mol. The molecule has 2 aromatic carbocycles. The molecule has 0 N–H and O–H groups in total. The topological polar surface area (TPSA) is 94.4 Å². The third-order valence-electron chi connectivity index (χ3n) is 6.25. The van der Waals surface area contributed by atoms with Crippen LogP contribution in [0.4, 0.5) is 5.69 Å². The van der Waals surface area contributed by atoms with Gasteiger partial charge < -0.3 is 13.7 Å². The molecule has 5 aromatic rings. The predicted molar refractivity (Wildman–Crippen MR) is 133 cm³/mol. The summed E-state index contributed by atoms with van der Waals surface area (Å²) in [5.74, 6) is 1.34. The summed E-state index contributed by atoms with van der Waals surface area (Å²) in [5, 5.41) is 5.50. The van der Waals surface area contributed by atoms with Crippen LogP contribution >= 0.6 is 11.6 Å². The van der Waals surface area contributed by atoms with Crippen LogP contribution in [0, 0.1) is 6.92 Å². The maximum atomic E-state index is 13.3. The smallest absolute Gasteiger partial charge is 0.278 e. The Morgan fingerprint density at radius 3 is 2.77 bits per heavy atom. The van der Waals surface area contributed by atoms with Gasteiger partial charge in [0.25, 0.3) is 5.56 Å². The molecule has 176 valence electrons. The number of carbonyl (C=O) groups excluding carboxylic acids is 1. The van der Waals surface area contributed by atoms with Crippen LogP contribution in [-0.4, -0.2) is 27.7 Å². The van der Waals surface area contributed by atoms with Gasteiger partial charge in [-0.05, 0) is 43.2 Å². The molecule has 1 saturated carbocycles. The molecule has 1 amide bonds. The van der Waals surface area contributed by atoms with Crippen LogP contribution < -0.4 is 10.5 Å². The Hall–Kier alpha value is -3.91. The summed E-state index contributed by atoms with van der Waals surface area (Å²) in [6, 6.07) is 14.3. The second kappa shape index (κ2) is 8.09. The van der Waals surface area contributed by atoms with E-state index in [2.05, 4.69) is 10.1 Å². The maximum Gasteiger partial charge on any atom is 0.278 e. The Balaban J connectivity index is 1.40. The number of rotatable bonds is 5. The molecule has 3 heterocycles. The van der Waals surface area contributed by atoms with Crippen molar-refractivity contribution in [3.05, 3.63) is 75.6 Å². The Bertz CT molecular complexity index is 1680. The number of hydrogen-bond acceptors (Lipinski definition) is 6. The van der Waals surface area contributed by atoms with Crippen molar-refractivity contribution in [2.24, 2.45) is 0 Å².